The van der Waals surface area contributed by atoms with Gasteiger partial charge in [-0.3, -0.25) is 9.35 Å². The van der Waals surface area contributed by atoms with E-state index in [4.69, 9.17) is 27.9 Å². The zero-order valence-corrected chi connectivity index (χ0v) is 26.1. The van der Waals surface area contributed by atoms with Gasteiger partial charge in [0, 0.05) is 22.2 Å². The van der Waals surface area contributed by atoms with E-state index in [0.717, 1.165) is 0 Å². The van der Waals surface area contributed by atoms with Gasteiger partial charge in [0.15, 0.2) is 0 Å². The van der Waals surface area contributed by atoms with Crippen molar-refractivity contribution < 1.29 is 57.2 Å². The Morgan fingerprint density at radius 2 is 1.70 bits per heavy atom. The molecule has 4 aromatic carbocycles. The molecule has 0 aromatic heterocycles. The molecule has 13 heteroatoms. The van der Waals surface area contributed by atoms with Crippen molar-refractivity contribution in [3.05, 3.63) is 81.8 Å². The number of ether oxygens (including phenoxy) is 1. The van der Waals surface area contributed by atoms with Gasteiger partial charge in [0.25, 0.3) is 16.0 Å². The molecule has 40 heavy (non-hydrogen) atoms. The van der Waals surface area contributed by atoms with Crippen LogP contribution in [0.4, 0.5) is 17.1 Å². The molecule has 2 N–H and O–H groups in total. The van der Waals surface area contributed by atoms with E-state index < -0.39 is 21.8 Å². The van der Waals surface area contributed by atoms with E-state index in [1.165, 1.54) is 24.3 Å². The molecule has 0 saturated carbocycles. The van der Waals surface area contributed by atoms with E-state index in [2.05, 4.69) is 15.5 Å². The van der Waals surface area contributed by atoms with Gasteiger partial charge in [-0.1, -0.05) is 60.1 Å². The Morgan fingerprint density at radius 3 is 2.35 bits per heavy atom. The largest absolute Gasteiger partial charge is 1.00 e. The number of halogens is 2. The van der Waals surface area contributed by atoms with Gasteiger partial charge in [-0.15, -0.1) is 5.11 Å². The topological polar surface area (TPSA) is 140 Å². The Kier molecular flexibility index (Phi) is 10.6. The number of rotatable bonds is 8. The minimum atomic E-state index is -4.56. The number of hydrogen-bond acceptors (Lipinski definition) is 7. The molecule has 0 bridgehead atoms. The standard InChI is InChI=1S/C27H23Cl2N3O6S.Na/c1-3-17-23(39(35,36)37)12-10-20(28)24(17)31-32-25-18-8-6-5-7-15(18)13-19(26(25)33)27(34)30-16-9-11-22(38-4-2)21(29)14-16;/h5-14,33H,3-4H2,1-2H3,(H,30,34)(H,35,36,37);/q;+1/p-1. The third-order valence-corrected chi connectivity index (χ3v) is 7.32. The van der Waals surface area contributed by atoms with Crippen molar-refractivity contribution in [2.75, 3.05) is 11.9 Å². The second kappa shape index (κ2) is 13.3. The maximum Gasteiger partial charge on any atom is 1.00 e. The van der Waals surface area contributed by atoms with E-state index in [1.54, 1.807) is 43.3 Å². The van der Waals surface area contributed by atoms with Crippen LogP contribution in [0.1, 0.15) is 29.8 Å². The predicted octanol–water partition coefficient (Wildman–Crippen LogP) is 4.10. The van der Waals surface area contributed by atoms with Crippen molar-refractivity contribution in [2.24, 2.45) is 10.2 Å². The summed E-state index contributed by atoms with van der Waals surface area (Å²) in [4.78, 5) is 12.8. The van der Waals surface area contributed by atoms with Gasteiger partial charge in [-0.25, -0.2) is 0 Å². The van der Waals surface area contributed by atoms with Crippen molar-refractivity contribution in [3.63, 3.8) is 0 Å². The van der Waals surface area contributed by atoms with Crippen LogP contribution in [-0.2, 0) is 16.5 Å². The van der Waals surface area contributed by atoms with Crippen molar-refractivity contribution in [2.45, 2.75) is 25.2 Å². The van der Waals surface area contributed by atoms with Crippen LogP contribution < -0.4 is 44.7 Å². The monoisotopic (exact) mass is 609 g/mol. The van der Waals surface area contributed by atoms with E-state index in [0.29, 0.717) is 33.8 Å². The summed E-state index contributed by atoms with van der Waals surface area (Å²) < 4.78 is 38.7. The van der Waals surface area contributed by atoms with Gasteiger partial charge >= 0.3 is 29.6 Å². The number of benzene rings is 4. The molecular formula is C27H22Cl2N3NaO6S. The smallest absolute Gasteiger partial charge is 0.870 e. The maximum atomic E-state index is 13.5. The van der Waals surface area contributed by atoms with Crippen LogP contribution in [0.3, 0.4) is 0 Å². The van der Waals surface area contributed by atoms with Crippen LogP contribution in [0, 0.1) is 0 Å². The summed E-state index contributed by atoms with van der Waals surface area (Å²) in [7, 11) is -4.56. The minimum absolute atomic E-state index is 0. The molecule has 1 amide bonds. The van der Waals surface area contributed by atoms with Gasteiger partial charge in [-0.05, 0) is 55.1 Å². The average Bonchev–Trinajstić information content (AvgIpc) is 2.89. The molecule has 202 valence electrons. The van der Waals surface area contributed by atoms with Crippen LogP contribution in [-0.4, -0.2) is 25.5 Å². The zero-order valence-electron chi connectivity index (χ0n) is 21.7. The van der Waals surface area contributed by atoms with E-state index in [-0.39, 0.29) is 68.4 Å². The quantitative estimate of drug-likeness (QED) is 0.175. The number of carbonyl (C=O) groups excluding carboxylic acids is 1. The number of nitrogens with one attached hydrogen (secondary N) is 1. The van der Waals surface area contributed by atoms with E-state index >= 15 is 0 Å². The molecule has 0 spiro atoms. The van der Waals surface area contributed by atoms with Gasteiger partial charge < -0.3 is 15.2 Å². The van der Waals surface area contributed by atoms with Crippen molar-refractivity contribution >= 4 is 67.1 Å². The van der Waals surface area contributed by atoms with Crippen LogP contribution in [0.2, 0.25) is 10.0 Å². The molecule has 4 aromatic rings. The summed E-state index contributed by atoms with van der Waals surface area (Å²) in [6, 6.07) is 15.4. The molecular weight excluding hydrogens is 588 g/mol. The van der Waals surface area contributed by atoms with Crippen LogP contribution in [0.25, 0.3) is 10.8 Å². The van der Waals surface area contributed by atoms with Gasteiger partial charge in [0.1, 0.15) is 11.4 Å². The second-order valence-electron chi connectivity index (χ2n) is 8.26. The van der Waals surface area contributed by atoms with E-state index in [1.807, 2.05) is 6.92 Å². The summed E-state index contributed by atoms with van der Waals surface area (Å²) in [5.74, 6) is -0.937. The van der Waals surface area contributed by atoms with Crippen LogP contribution in [0.15, 0.2) is 75.8 Å². The van der Waals surface area contributed by atoms with Crippen LogP contribution >= 0.6 is 23.2 Å². The summed E-state index contributed by atoms with van der Waals surface area (Å²) in [6.45, 7) is 3.90. The summed E-state index contributed by atoms with van der Waals surface area (Å²) >= 11 is 12.5. The zero-order chi connectivity index (χ0) is 28.3. The Hall–Kier alpha value is -2.70. The number of fused-ring (bicyclic) bond motifs is 1. The number of azo groups is 1. The first-order valence-corrected chi connectivity index (χ1v) is 13.9. The Morgan fingerprint density at radius 1 is 1.00 bits per heavy atom. The van der Waals surface area contributed by atoms with Gasteiger partial charge in [-0.2, -0.15) is 13.5 Å². The summed E-state index contributed by atoms with van der Waals surface area (Å²) in [5.41, 5.74) is 0.133. The number of hydrogen-bond donors (Lipinski definition) is 2. The fraction of sp³-hybridized carbons (Fsp3) is 0.148. The maximum absolute atomic E-state index is 13.5. The molecule has 0 unspecified atom stereocenters. The first kappa shape index (κ1) is 31.8. The fourth-order valence-corrected chi connectivity index (χ4v) is 5.25. The molecule has 0 fully saturated rings. The Labute approximate surface area is 263 Å². The first-order chi connectivity index (χ1) is 18.5. The van der Waals surface area contributed by atoms with Crippen molar-refractivity contribution in [3.8, 4) is 11.5 Å². The molecule has 0 saturated heterocycles. The molecule has 0 aliphatic rings. The van der Waals surface area contributed by atoms with Crippen molar-refractivity contribution in [1.29, 1.82) is 0 Å². The van der Waals surface area contributed by atoms with Gasteiger partial charge in [0.2, 0.25) is 0 Å². The van der Waals surface area contributed by atoms with Gasteiger partial charge in [0.05, 0.1) is 27.2 Å². The molecule has 0 atom stereocenters. The SMILES string of the molecule is CCOc1ccc(NC(=O)c2cc3ccccc3c(N=Nc3c(Cl)ccc(S(=O)(=O)O)c3CC)c2[O-])cc1Cl.[Na+]. The second-order valence-corrected chi connectivity index (χ2v) is 10.5. The van der Waals surface area contributed by atoms with Crippen LogP contribution in [0.5, 0.6) is 11.5 Å². The fourth-order valence-electron chi connectivity index (χ4n) is 4.01. The number of amides is 1. The Balaban J connectivity index is 0.00000441. The molecule has 0 aliphatic carbocycles. The summed E-state index contributed by atoms with van der Waals surface area (Å²) in [5, 5.41) is 25.7. The normalized spacial score (nSPS) is 11.4. The molecule has 4 rings (SSSR count). The predicted molar refractivity (Wildman–Crippen MR) is 149 cm³/mol. The molecule has 0 radical (unpaired) electrons. The van der Waals surface area contributed by atoms with E-state index in [9.17, 15) is 22.9 Å². The molecule has 9 nitrogen and oxygen atoms in total. The number of nitrogens with zero attached hydrogens (tertiary/aromatic N) is 2. The minimum Gasteiger partial charge on any atom is -0.870 e. The van der Waals surface area contributed by atoms with Crippen molar-refractivity contribution in [1.82, 2.24) is 0 Å². The first-order valence-electron chi connectivity index (χ1n) is 11.7. The third kappa shape index (κ3) is 6.77. The molecule has 0 aliphatic heterocycles. The average molecular weight is 610 g/mol. The third-order valence-electron chi connectivity index (χ3n) is 5.78. The number of anilines is 1. The summed E-state index contributed by atoms with van der Waals surface area (Å²) in [6.07, 6.45) is 0.155. The molecule has 0 heterocycles. The number of carbonyl (C=O) groups is 1. The Bertz CT molecular complexity index is 1730.